The van der Waals surface area contributed by atoms with E-state index in [1.807, 2.05) is 19.9 Å². The van der Waals surface area contributed by atoms with Gasteiger partial charge in [-0.05, 0) is 43.2 Å². The van der Waals surface area contributed by atoms with E-state index in [0.717, 1.165) is 23.4 Å². The highest BCUT2D eigenvalue weighted by atomic mass is 19.4. The number of halogens is 3. The summed E-state index contributed by atoms with van der Waals surface area (Å²) in [4.78, 5) is 18.2. The molecule has 8 heteroatoms. The van der Waals surface area contributed by atoms with Crippen molar-refractivity contribution >= 4 is 0 Å². The number of hydrogen-bond donors (Lipinski definition) is 1. The van der Waals surface area contributed by atoms with Crippen LogP contribution in [-0.4, -0.2) is 15.1 Å². The minimum atomic E-state index is -4.37. The maximum atomic E-state index is 12.7. The van der Waals surface area contributed by atoms with E-state index in [-0.39, 0.29) is 5.82 Å². The average molecular weight is 349 g/mol. The highest BCUT2D eigenvalue weighted by Crippen LogP contribution is 2.30. The summed E-state index contributed by atoms with van der Waals surface area (Å²) >= 11 is 0. The molecule has 0 radical (unpaired) electrons. The third kappa shape index (κ3) is 3.62. The van der Waals surface area contributed by atoms with Crippen molar-refractivity contribution in [3.8, 4) is 11.4 Å². The molecule has 0 saturated carbocycles. The molecule has 0 aliphatic heterocycles. The third-order valence-electron chi connectivity index (χ3n) is 3.75. The number of benzene rings is 1. The maximum Gasteiger partial charge on any atom is 0.439 e. The number of aryl methyl sites for hydroxylation is 2. The van der Waals surface area contributed by atoms with Gasteiger partial charge in [-0.3, -0.25) is 14.5 Å². The topological polar surface area (TPSA) is 71.8 Å². The van der Waals surface area contributed by atoms with Gasteiger partial charge in [0.05, 0.1) is 11.3 Å². The van der Waals surface area contributed by atoms with E-state index in [4.69, 9.17) is 0 Å². The molecule has 1 N–H and O–H groups in total. The molecular weight excluding hydrogens is 335 g/mol. The van der Waals surface area contributed by atoms with Gasteiger partial charge in [0.1, 0.15) is 0 Å². The van der Waals surface area contributed by atoms with E-state index in [1.165, 1.54) is 12.1 Å². The molecule has 1 aromatic carbocycles. The van der Waals surface area contributed by atoms with Crippen LogP contribution >= 0.6 is 0 Å². The Kier molecular flexibility index (Phi) is 4.20. The summed E-state index contributed by atoms with van der Waals surface area (Å²) < 4.78 is 42.6. The summed E-state index contributed by atoms with van der Waals surface area (Å²) in [7, 11) is 0. The number of nitrogens with zero attached hydrogens (tertiary/aromatic N) is 2. The van der Waals surface area contributed by atoms with Crippen LogP contribution in [0.1, 0.15) is 28.1 Å². The van der Waals surface area contributed by atoms with E-state index >= 15 is 0 Å². The molecule has 3 aromatic rings. The summed E-state index contributed by atoms with van der Waals surface area (Å²) in [5.41, 5.74) is 2.76. The van der Waals surface area contributed by atoms with Crippen molar-refractivity contribution in [2.75, 3.05) is 0 Å². The zero-order valence-corrected chi connectivity index (χ0v) is 13.4. The van der Waals surface area contributed by atoms with Crippen LogP contribution in [0.2, 0.25) is 0 Å². The molecule has 2 aromatic heterocycles. The van der Waals surface area contributed by atoms with Crippen molar-refractivity contribution in [2.24, 2.45) is 0 Å². The van der Waals surface area contributed by atoms with Crippen LogP contribution in [0.15, 0.2) is 39.6 Å². The number of hydrogen-bond acceptors (Lipinski definition) is 4. The van der Waals surface area contributed by atoms with Gasteiger partial charge in [0.15, 0.2) is 5.82 Å². The van der Waals surface area contributed by atoms with Gasteiger partial charge >= 0.3 is 11.9 Å². The molecule has 5 nitrogen and oxygen atoms in total. The first kappa shape index (κ1) is 16.9. The fraction of sp³-hybridized carbons (Fsp3) is 0.235. The fourth-order valence-electron chi connectivity index (χ4n) is 2.71. The highest BCUT2D eigenvalue weighted by Gasteiger charge is 2.30. The lowest BCUT2D eigenvalue weighted by atomic mass is 9.99. The van der Waals surface area contributed by atoms with Gasteiger partial charge in [0, 0.05) is 17.7 Å². The summed E-state index contributed by atoms with van der Waals surface area (Å²) in [6.07, 6.45) is -4.08. The standard InChI is InChI=1S/C17H14F3N3O2/c1-9-7-10(2)21-13(14(9)15-22-16(24)25-23-15)8-11-3-5-12(6-4-11)17(18,19)20/h3-7H,8H2,1-2H3,(H,22,23,24). The molecule has 0 aliphatic carbocycles. The number of H-pyrrole nitrogens is 1. The predicted octanol–water partition coefficient (Wildman–Crippen LogP) is 3.65. The Morgan fingerprint density at radius 2 is 1.84 bits per heavy atom. The Morgan fingerprint density at radius 3 is 2.40 bits per heavy atom. The van der Waals surface area contributed by atoms with Gasteiger partial charge in [-0.2, -0.15) is 13.2 Å². The van der Waals surface area contributed by atoms with Crippen molar-refractivity contribution in [1.82, 2.24) is 15.1 Å². The Labute approximate surface area is 140 Å². The SMILES string of the molecule is Cc1cc(C)c(-c2noc(=O)[nH]2)c(Cc2ccc(C(F)(F)F)cc2)n1. The van der Waals surface area contributed by atoms with Crippen molar-refractivity contribution < 1.29 is 17.7 Å². The molecule has 0 aliphatic rings. The van der Waals surface area contributed by atoms with Crippen LogP contribution in [0.25, 0.3) is 11.4 Å². The summed E-state index contributed by atoms with van der Waals surface area (Å²) in [6.45, 7) is 3.66. The molecule has 0 fully saturated rings. The second-order valence-electron chi connectivity index (χ2n) is 5.72. The van der Waals surface area contributed by atoms with E-state index in [9.17, 15) is 18.0 Å². The minimum absolute atomic E-state index is 0.247. The second-order valence-corrected chi connectivity index (χ2v) is 5.72. The second kappa shape index (κ2) is 6.19. The Morgan fingerprint density at radius 1 is 1.16 bits per heavy atom. The number of nitrogens with one attached hydrogen (secondary N) is 1. The summed E-state index contributed by atoms with van der Waals surface area (Å²) in [5, 5.41) is 3.69. The van der Waals surface area contributed by atoms with Crippen LogP contribution in [0, 0.1) is 13.8 Å². The molecule has 130 valence electrons. The van der Waals surface area contributed by atoms with E-state index in [1.54, 1.807) is 0 Å². The first-order chi connectivity index (χ1) is 11.7. The van der Waals surface area contributed by atoms with Gasteiger partial charge < -0.3 is 0 Å². The van der Waals surface area contributed by atoms with E-state index in [0.29, 0.717) is 23.2 Å². The van der Waals surface area contributed by atoms with Crippen molar-refractivity contribution in [3.05, 3.63) is 69.0 Å². The normalized spacial score (nSPS) is 11.7. The number of aromatic amines is 1. The smallest absolute Gasteiger partial charge is 0.296 e. The lowest BCUT2D eigenvalue weighted by molar-refractivity contribution is -0.137. The zero-order chi connectivity index (χ0) is 18.2. The Hall–Kier alpha value is -2.90. The van der Waals surface area contributed by atoms with Crippen LogP contribution < -0.4 is 5.76 Å². The van der Waals surface area contributed by atoms with Gasteiger partial charge in [0.25, 0.3) is 0 Å². The molecule has 0 atom stereocenters. The molecule has 0 spiro atoms. The van der Waals surface area contributed by atoms with Crippen LogP contribution in [-0.2, 0) is 12.6 Å². The van der Waals surface area contributed by atoms with Crippen LogP contribution in [0.4, 0.5) is 13.2 Å². The molecule has 0 bridgehead atoms. The summed E-state index contributed by atoms with van der Waals surface area (Å²) in [6, 6.07) is 6.73. The van der Waals surface area contributed by atoms with Crippen molar-refractivity contribution in [1.29, 1.82) is 0 Å². The molecule has 0 saturated heterocycles. The van der Waals surface area contributed by atoms with Crippen LogP contribution in [0.5, 0.6) is 0 Å². The molecule has 0 amide bonds. The van der Waals surface area contributed by atoms with Crippen molar-refractivity contribution in [3.63, 3.8) is 0 Å². The van der Waals surface area contributed by atoms with Gasteiger partial charge in [-0.1, -0.05) is 17.3 Å². The molecule has 25 heavy (non-hydrogen) atoms. The fourth-order valence-corrected chi connectivity index (χ4v) is 2.71. The largest absolute Gasteiger partial charge is 0.439 e. The monoisotopic (exact) mass is 349 g/mol. The maximum absolute atomic E-state index is 12.7. The van der Waals surface area contributed by atoms with Crippen LogP contribution in [0.3, 0.4) is 0 Å². The quantitative estimate of drug-likeness (QED) is 0.783. The molecule has 2 heterocycles. The van der Waals surface area contributed by atoms with Crippen molar-refractivity contribution in [2.45, 2.75) is 26.4 Å². The number of pyridine rings is 1. The van der Waals surface area contributed by atoms with Gasteiger partial charge in [-0.15, -0.1) is 0 Å². The number of aromatic nitrogens is 3. The zero-order valence-electron chi connectivity index (χ0n) is 13.4. The first-order valence-electron chi connectivity index (χ1n) is 7.43. The predicted molar refractivity (Wildman–Crippen MR) is 84.1 cm³/mol. The molecule has 3 rings (SSSR count). The number of alkyl halides is 3. The molecular formula is C17H14F3N3O2. The minimum Gasteiger partial charge on any atom is -0.296 e. The van der Waals surface area contributed by atoms with Gasteiger partial charge in [0.2, 0.25) is 0 Å². The third-order valence-corrected chi connectivity index (χ3v) is 3.75. The first-order valence-corrected chi connectivity index (χ1v) is 7.43. The Balaban J connectivity index is 2.01. The molecule has 0 unspecified atom stereocenters. The number of rotatable bonds is 3. The van der Waals surface area contributed by atoms with E-state index < -0.39 is 17.5 Å². The van der Waals surface area contributed by atoms with E-state index in [2.05, 4.69) is 19.6 Å². The summed E-state index contributed by atoms with van der Waals surface area (Å²) in [5.74, 6) is -0.438. The lowest BCUT2D eigenvalue weighted by Crippen LogP contribution is -2.06. The Bertz CT molecular complexity index is 957. The van der Waals surface area contributed by atoms with Gasteiger partial charge in [-0.25, -0.2) is 4.79 Å². The highest BCUT2D eigenvalue weighted by molar-refractivity contribution is 5.63. The average Bonchev–Trinajstić information content (AvgIpc) is 2.92. The lowest BCUT2D eigenvalue weighted by Gasteiger charge is -2.12.